The largest absolute Gasteiger partial charge is 0.103 e. The van der Waals surface area contributed by atoms with Crippen molar-refractivity contribution in [2.24, 2.45) is 5.92 Å². The maximum Gasteiger partial charge on any atom is -0.0136 e. The highest BCUT2D eigenvalue weighted by Crippen LogP contribution is 2.35. The van der Waals surface area contributed by atoms with Crippen LogP contribution < -0.4 is 0 Å². The third kappa shape index (κ3) is 3.66. The van der Waals surface area contributed by atoms with E-state index in [4.69, 9.17) is 0 Å². The van der Waals surface area contributed by atoms with Gasteiger partial charge in [-0.2, -0.15) is 0 Å². The lowest BCUT2D eigenvalue weighted by molar-refractivity contribution is 0.619. The lowest BCUT2D eigenvalue weighted by Crippen LogP contribution is -1.86. The molecule has 1 rings (SSSR count). The molecular formula is C16H26. The molecule has 0 heterocycles. The topological polar surface area (TPSA) is 0 Å². The zero-order valence-electron chi connectivity index (χ0n) is 11.2. The summed E-state index contributed by atoms with van der Waals surface area (Å²) < 4.78 is 0. The minimum absolute atomic E-state index is 0.834. The molecule has 0 fully saturated rings. The van der Waals surface area contributed by atoms with Gasteiger partial charge >= 0.3 is 0 Å². The molecule has 16 heavy (non-hydrogen) atoms. The van der Waals surface area contributed by atoms with Crippen molar-refractivity contribution in [3.05, 3.63) is 35.5 Å². The first-order chi connectivity index (χ1) is 7.71. The van der Waals surface area contributed by atoms with Gasteiger partial charge in [-0.1, -0.05) is 50.5 Å². The highest BCUT2D eigenvalue weighted by molar-refractivity contribution is 5.34. The van der Waals surface area contributed by atoms with E-state index in [2.05, 4.69) is 33.4 Å². The van der Waals surface area contributed by atoms with Gasteiger partial charge in [-0.15, -0.1) is 6.58 Å². The average Bonchev–Trinajstić information content (AvgIpc) is 2.59. The van der Waals surface area contributed by atoms with Crippen LogP contribution in [0.2, 0.25) is 0 Å². The van der Waals surface area contributed by atoms with Crippen molar-refractivity contribution in [1.82, 2.24) is 0 Å². The summed E-state index contributed by atoms with van der Waals surface area (Å²) in [4.78, 5) is 0. The van der Waals surface area contributed by atoms with Crippen molar-refractivity contribution < 1.29 is 0 Å². The molecule has 90 valence electrons. The van der Waals surface area contributed by atoms with Crippen molar-refractivity contribution in [3.63, 3.8) is 0 Å². The maximum absolute atomic E-state index is 3.86. The van der Waals surface area contributed by atoms with Gasteiger partial charge in [0.05, 0.1) is 0 Å². The molecule has 0 bridgehead atoms. The summed E-state index contributed by atoms with van der Waals surface area (Å²) in [6, 6.07) is 0. The predicted molar refractivity (Wildman–Crippen MR) is 73.5 cm³/mol. The van der Waals surface area contributed by atoms with E-state index in [1.165, 1.54) is 32.1 Å². The molecule has 0 N–H and O–H groups in total. The molecule has 0 radical (unpaired) electrons. The van der Waals surface area contributed by atoms with E-state index < -0.39 is 0 Å². The Balaban J connectivity index is 2.81. The van der Waals surface area contributed by atoms with E-state index in [1.807, 2.05) is 6.08 Å². The minimum atomic E-state index is 0.834. The number of hydrogen-bond acceptors (Lipinski definition) is 0. The van der Waals surface area contributed by atoms with E-state index in [0.717, 1.165) is 12.3 Å². The molecule has 0 aliphatic heterocycles. The molecule has 0 saturated carbocycles. The Morgan fingerprint density at radius 2 is 2.12 bits per heavy atom. The molecule has 0 aromatic heterocycles. The highest BCUT2D eigenvalue weighted by atomic mass is 14.2. The summed E-state index contributed by atoms with van der Waals surface area (Å²) in [5.41, 5.74) is 4.86. The van der Waals surface area contributed by atoms with Gasteiger partial charge in [0.2, 0.25) is 0 Å². The maximum atomic E-state index is 3.86. The predicted octanol–water partition coefficient (Wildman–Crippen LogP) is 5.43. The second kappa shape index (κ2) is 6.73. The first-order valence-corrected chi connectivity index (χ1v) is 6.72. The van der Waals surface area contributed by atoms with E-state index in [9.17, 15) is 0 Å². The SMILES string of the molecule is C=CCC1=C(C=C(CC)CCC)CC(C)C1. The second-order valence-electron chi connectivity index (χ2n) is 5.04. The van der Waals surface area contributed by atoms with Crippen LogP contribution in [-0.4, -0.2) is 0 Å². The molecule has 0 heteroatoms. The van der Waals surface area contributed by atoms with Gasteiger partial charge in [0.1, 0.15) is 0 Å². The van der Waals surface area contributed by atoms with Crippen molar-refractivity contribution in [1.29, 1.82) is 0 Å². The Bertz CT molecular complexity index is 291. The third-order valence-corrected chi connectivity index (χ3v) is 3.41. The van der Waals surface area contributed by atoms with Gasteiger partial charge in [0, 0.05) is 0 Å². The Morgan fingerprint density at radius 3 is 2.69 bits per heavy atom. The van der Waals surface area contributed by atoms with Crippen LogP contribution >= 0.6 is 0 Å². The van der Waals surface area contributed by atoms with Gasteiger partial charge in [0.15, 0.2) is 0 Å². The summed E-state index contributed by atoms with van der Waals surface area (Å²) >= 11 is 0. The Morgan fingerprint density at radius 1 is 1.38 bits per heavy atom. The van der Waals surface area contributed by atoms with Gasteiger partial charge in [0.25, 0.3) is 0 Å². The summed E-state index contributed by atoms with van der Waals surface area (Å²) in [6.45, 7) is 10.8. The van der Waals surface area contributed by atoms with Gasteiger partial charge < -0.3 is 0 Å². The number of rotatable bonds is 6. The van der Waals surface area contributed by atoms with Crippen LogP contribution in [0.25, 0.3) is 0 Å². The average molecular weight is 218 g/mol. The molecule has 0 nitrogen and oxygen atoms in total. The van der Waals surface area contributed by atoms with E-state index in [1.54, 1.807) is 16.7 Å². The molecule has 1 aliphatic rings. The Kier molecular flexibility index (Phi) is 5.59. The molecule has 0 saturated heterocycles. The Hall–Kier alpha value is -0.780. The van der Waals surface area contributed by atoms with Gasteiger partial charge in [-0.25, -0.2) is 0 Å². The first kappa shape index (κ1) is 13.3. The molecule has 0 amide bonds. The molecular weight excluding hydrogens is 192 g/mol. The number of hydrogen-bond donors (Lipinski definition) is 0. The molecule has 1 aliphatic carbocycles. The molecule has 0 aromatic carbocycles. The fourth-order valence-corrected chi connectivity index (χ4v) is 2.61. The van der Waals surface area contributed by atoms with Crippen LogP contribution in [0.4, 0.5) is 0 Å². The van der Waals surface area contributed by atoms with Crippen LogP contribution in [0.15, 0.2) is 35.5 Å². The number of allylic oxidation sites excluding steroid dienone is 5. The van der Waals surface area contributed by atoms with Crippen LogP contribution in [0.1, 0.15) is 59.3 Å². The Labute approximate surface area is 101 Å². The van der Waals surface area contributed by atoms with Crippen LogP contribution in [0.3, 0.4) is 0 Å². The van der Waals surface area contributed by atoms with Crippen molar-refractivity contribution in [2.45, 2.75) is 59.3 Å². The summed E-state index contributed by atoms with van der Waals surface area (Å²) in [6.07, 6.45) is 11.9. The molecule has 0 aromatic rings. The van der Waals surface area contributed by atoms with E-state index >= 15 is 0 Å². The second-order valence-corrected chi connectivity index (χ2v) is 5.04. The van der Waals surface area contributed by atoms with Crippen molar-refractivity contribution in [3.8, 4) is 0 Å². The van der Waals surface area contributed by atoms with Crippen molar-refractivity contribution in [2.75, 3.05) is 0 Å². The van der Waals surface area contributed by atoms with Crippen LogP contribution in [-0.2, 0) is 0 Å². The quantitative estimate of drug-likeness (QED) is 0.522. The molecule has 0 spiro atoms. The van der Waals surface area contributed by atoms with Gasteiger partial charge in [-0.3, -0.25) is 0 Å². The summed E-state index contributed by atoms with van der Waals surface area (Å²) in [5.74, 6) is 0.834. The normalized spacial score (nSPS) is 21.7. The molecule has 1 unspecified atom stereocenters. The summed E-state index contributed by atoms with van der Waals surface area (Å²) in [7, 11) is 0. The zero-order valence-corrected chi connectivity index (χ0v) is 11.2. The van der Waals surface area contributed by atoms with Crippen molar-refractivity contribution >= 4 is 0 Å². The lowest BCUT2D eigenvalue weighted by Gasteiger charge is -2.05. The fraction of sp³-hybridized carbons (Fsp3) is 0.625. The monoisotopic (exact) mass is 218 g/mol. The smallest absolute Gasteiger partial charge is 0.0136 e. The first-order valence-electron chi connectivity index (χ1n) is 6.72. The van der Waals surface area contributed by atoms with E-state index in [-0.39, 0.29) is 0 Å². The summed E-state index contributed by atoms with van der Waals surface area (Å²) in [5, 5.41) is 0. The fourth-order valence-electron chi connectivity index (χ4n) is 2.61. The van der Waals surface area contributed by atoms with Crippen LogP contribution in [0.5, 0.6) is 0 Å². The van der Waals surface area contributed by atoms with Crippen LogP contribution in [0, 0.1) is 5.92 Å². The zero-order chi connectivity index (χ0) is 12.0. The van der Waals surface area contributed by atoms with Gasteiger partial charge in [-0.05, 0) is 43.6 Å². The van der Waals surface area contributed by atoms with E-state index in [0.29, 0.717) is 0 Å². The standard InChI is InChI=1S/C16H26/c1-5-8-14(7-3)12-16-11-13(4)10-15(16)9-6-2/h6,12-13H,2,5,7-11H2,1,3-4H3. The minimum Gasteiger partial charge on any atom is -0.103 e. The third-order valence-electron chi connectivity index (χ3n) is 3.41. The molecule has 1 atom stereocenters. The lowest BCUT2D eigenvalue weighted by atomic mass is 10.0. The highest BCUT2D eigenvalue weighted by Gasteiger charge is 2.18.